The quantitative estimate of drug-likeness (QED) is 0.641. The number of nitrogens with one attached hydrogen (secondary N) is 2. The van der Waals surface area contributed by atoms with Gasteiger partial charge in [0.25, 0.3) is 5.91 Å². The lowest BCUT2D eigenvalue weighted by Gasteiger charge is -2.20. The highest BCUT2D eigenvalue weighted by Crippen LogP contribution is 2.37. The lowest BCUT2D eigenvalue weighted by atomic mass is 9.90. The number of hydrogen-bond acceptors (Lipinski definition) is 5. The maximum absolute atomic E-state index is 12.7. The second-order valence-electron chi connectivity index (χ2n) is 6.77. The molecule has 148 valence electrons. The Kier molecular flexibility index (Phi) is 5.87. The number of rotatable bonds is 5. The van der Waals surface area contributed by atoms with Gasteiger partial charge in [0.2, 0.25) is 5.91 Å². The molecule has 0 radical (unpaired) electrons. The van der Waals surface area contributed by atoms with Crippen LogP contribution in [0.2, 0.25) is 5.02 Å². The predicted octanol–water partition coefficient (Wildman–Crippen LogP) is 4.18. The van der Waals surface area contributed by atoms with E-state index in [1.54, 1.807) is 30.5 Å². The van der Waals surface area contributed by atoms with E-state index in [-0.39, 0.29) is 17.7 Å². The van der Waals surface area contributed by atoms with E-state index in [1.807, 2.05) is 18.2 Å². The number of halogens is 1. The number of carbonyl (C=O) groups is 2. The van der Waals surface area contributed by atoms with Crippen molar-refractivity contribution in [2.24, 2.45) is 0 Å². The molecular formula is C21H19ClN4O2S. The van der Waals surface area contributed by atoms with Gasteiger partial charge in [-0.25, -0.2) is 4.98 Å². The molecule has 2 amide bonds. The number of carbonyl (C=O) groups excluding carboxylic acids is 2. The summed E-state index contributed by atoms with van der Waals surface area (Å²) < 4.78 is 0. The number of aryl methyl sites for hydroxylation is 1. The van der Waals surface area contributed by atoms with E-state index >= 15 is 0 Å². The number of anilines is 1. The van der Waals surface area contributed by atoms with Crippen LogP contribution < -0.4 is 10.6 Å². The highest BCUT2D eigenvalue weighted by atomic mass is 35.5. The van der Waals surface area contributed by atoms with Crippen LogP contribution in [0.4, 0.5) is 5.13 Å². The molecule has 0 unspecified atom stereocenters. The van der Waals surface area contributed by atoms with Crippen LogP contribution >= 0.6 is 22.9 Å². The second kappa shape index (κ2) is 8.71. The largest absolute Gasteiger partial charge is 0.350 e. The van der Waals surface area contributed by atoms with Crippen LogP contribution in [0, 0.1) is 0 Å². The molecule has 2 N–H and O–H groups in total. The van der Waals surface area contributed by atoms with Crippen LogP contribution in [0.15, 0.2) is 48.7 Å². The van der Waals surface area contributed by atoms with E-state index in [2.05, 4.69) is 20.6 Å². The zero-order valence-electron chi connectivity index (χ0n) is 15.5. The summed E-state index contributed by atoms with van der Waals surface area (Å²) in [7, 11) is 0. The Morgan fingerprint density at radius 2 is 2.00 bits per heavy atom. The molecule has 0 spiro atoms. The van der Waals surface area contributed by atoms with Gasteiger partial charge >= 0.3 is 0 Å². The van der Waals surface area contributed by atoms with E-state index in [1.165, 1.54) is 11.3 Å². The molecule has 1 aliphatic carbocycles. The third kappa shape index (κ3) is 4.63. The maximum atomic E-state index is 12.7. The van der Waals surface area contributed by atoms with Crippen LogP contribution in [0.1, 0.15) is 45.4 Å². The van der Waals surface area contributed by atoms with Crippen LogP contribution in [-0.2, 0) is 17.8 Å². The summed E-state index contributed by atoms with van der Waals surface area (Å²) in [6.45, 7) is 0.385. The Morgan fingerprint density at radius 1 is 1.17 bits per heavy atom. The van der Waals surface area contributed by atoms with Crippen molar-refractivity contribution in [1.29, 1.82) is 0 Å². The molecule has 0 fully saturated rings. The van der Waals surface area contributed by atoms with Crippen LogP contribution in [-0.4, -0.2) is 21.8 Å². The summed E-state index contributed by atoms with van der Waals surface area (Å²) in [6, 6.07) is 12.3. The first-order valence-electron chi connectivity index (χ1n) is 9.34. The van der Waals surface area contributed by atoms with Gasteiger partial charge in [0.15, 0.2) is 5.13 Å². The summed E-state index contributed by atoms with van der Waals surface area (Å²) >= 11 is 7.31. The zero-order chi connectivity index (χ0) is 20.2. The molecule has 0 bridgehead atoms. The Hall–Kier alpha value is -2.77. The first-order chi connectivity index (χ1) is 14.1. The standard InChI is InChI=1S/C21H19ClN4O2S/c22-14-9-7-13(8-10-14)19(27)26-21-25-18-16(5-3-6-17(18)29-21)20(28)24-12-15-4-1-2-11-23-15/h1-2,4,7-11,16H,3,5-6,12H2,(H,24,28)(H,25,26,27)/t16-/m0/s1. The lowest BCUT2D eigenvalue weighted by molar-refractivity contribution is -0.123. The first kappa shape index (κ1) is 19.5. The van der Waals surface area contributed by atoms with E-state index < -0.39 is 0 Å². The first-order valence-corrected chi connectivity index (χ1v) is 10.5. The molecule has 3 aromatic rings. The highest BCUT2D eigenvalue weighted by Gasteiger charge is 2.30. The molecule has 1 aromatic carbocycles. The fourth-order valence-electron chi connectivity index (χ4n) is 3.30. The number of nitrogens with zero attached hydrogens (tertiary/aromatic N) is 2. The molecule has 1 atom stereocenters. The van der Waals surface area contributed by atoms with Gasteiger partial charge in [-0.2, -0.15) is 0 Å². The Bertz CT molecular complexity index is 1020. The van der Waals surface area contributed by atoms with Gasteiger partial charge in [0.1, 0.15) is 0 Å². The average molecular weight is 427 g/mol. The minimum Gasteiger partial charge on any atom is -0.350 e. The van der Waals surface area contributed by atoms with Crippen molar-refractivity contribution in [2.75, 3.05) is 5.32 Å². The Labute approximate surface area is 177 Å². The number of fused-ring (bicyclic) bond motifs is 1. The number of pyridine rings is 1. The van der Waals surface area contributed by atoms with Crippen molar-refractivity contribution in [3.8, 4) is 0 Å². The molecule has 29 heavy (non-hydrogen) atoms. The van der Waals surface area contributed by atoms with Gasteiger partial charge in [-0.05, 0) is 55.7 Å². The number of thiazole rings is 1. The number of aromatic nitrogens is 2. The number of amides is 2. The number of benzene rings is 1. The molecule has 0 saturated carbocycles. The van der Waals surface area contributed by atoms with Gasteiger partial charge in [-0.1, -0.05) is 17.7 Å². The Balaban J connectivity index is 1.45. The van der Waals surface area contributed by atoms with Gasteiger partial charge < -0.3 is 5.32 Å². The predicted molar refractivity (Wildman–Crippen MR) is 113 cm³/mol. The van der Waals surface area contributed by atoms with Gasteiger partial charge in [-0.15, -0.1) is 11.3 Å². The van der Waals surface area contributed by atoms with E-state index in [0.29, 0.717) is 22.3 Å². The van der Waals surface area contributed by atoms with Crippen molar-refractivity contribution in [3.05, 3.63) is 75.5 Å². The van der Waals surface area contributed by atoms with Crippen LogP contribution in [0.5, 0.6) is 0 Å². The summed E-state index contributed by atoms with van der Waals surface area (Å²) in [5.41, 5.74) is 2.09. The molecule has 2 heterocycles. The summed E-state index contributed by atoms with van der Waals surface area (Å²) in [5.74, 6) is -0.610. The molecule has 8 heteroatoms. The van der Waals surface area contributed by atoms with E-state index in [4.69, 9.17) is 11.6 Å². The van der Waals surface area contributed by atoms with Gasteiger partial charge in [0.05, 0.1) is 23.9 Å². The van der Waals surface area contributed by atoms with Crippen LogP contribution in [0.3, 0.4) is 0 Å². The third-order valence-corrected chi connectivity index (χ3v) is 6.07. The summed E-state index contributed by atoms with van der Waals surface area (Å²) in [5, 5.41) is 6.88. The third-order valence-electron chi connectivity index (χ3n) is 4.77. The monoisotopic (exact) mass is 426 g/mol. The SMILES string of the molecule is O=C(Nc1nc2c(s1)CCC[C@@H]2C(=O)NCc1ccccn1)c1ccc(Cl)cc1. The molecule has 4 rings (SSSR count). The summed E-state index contributed by atoms with van der Waals surface area (Å²) in [6.07, 6.45) is 4.24. The molecule has 1 aliphatic rings. The summed E-state index contributed by atoms with van der Waals surface area (Å²) in [4.78, 5) is 35.0. The van der Waals surface area contributed by atoms with Crippen molar-refractivity contribution >= 4 is 39.9 Å². The van der Waals surface area contributed by atoms with E-state index in [9.17, 15) is 9.59 Å². The van der Waals surface area contributed by atoms with Crippen molar-refractivity contribution in [2.45, 2.75) is 31.7 Å². The van der Waals surface area contributed by atoms with Gasteiger partial charge in [0, 0.05) is 21.7 Å². The topological polar surface area (TPSA) is 84.0 Å². The fourth-order valence-corrected chi connectivity index (χ4v) is 4.49. The second-order valence-corrected chi connectivity index (χ2v) is 8.29. The van der Waals surface area contributed by atoms with E-state index in [0.717, 1.165) is 35.5 Å². The average Bonchev–Trinajstić information content (AvgIpc) is 3.15. The molecule has 0 aliphatic heterocycles. The van der Waals surface area contributed by atoms with Crippen LogP contribution in [0.25, 0.3) is 0 Å². The fraction of sp³-hybridized carbons (Fsp3) is 0.238. The zero-order valence-corrected chi connectivity index (χ0v) is 17.1. The smallest absolute Gasteiger partial charge is 0.257 e. The van der Waals surface area contributed by atoms with Crippen molar-refractivity contribution in [1.82, 2.24) is 15.3 Å². The minimum atomic E-state index is -0.306. The minimum absolute atomic E-state index is 0.0579. The van der Waals surface area contributed by atoms with Crippen molar-refractivity contribution in [3.63, 3.8) is 0 Å². The van der Waals surface area contributed by atoms with Gasteiger partial charge in [-0.3, -0.25) is 19.9 Å². The Morgan fingerprint density at radius 3 is 2.76 bits per heavy atom. The number of hydrogen-bond donors (Lipinski definition) is 2. The normalized spacial score (nSPS) is 15.4. The molecule has 0 saturated heterocycles. The lowest BCUT2D eigenvalue weighted by Crippen LogP contribution is -2.31. The maximum Gasteiger partial charge on any atom is 0.257 e. The molecular weight excluding hydrogens is 408 g/mol. The molecule has 2 aromatic heterocycles. The molecule has 6 nitrogen and oxygen atoms in total. The van der Waals surface area contributed by atoms with Crippen molar-refractivity contribution < 1.29 is 9.59 Å². The highest BCUT2D eigenvalue weighted by molar-refractivity contribution is 7.16.